The standard InChI is InChI=1S/C16H20ClNO4S/c1-16(2,3)23(19,20)15-9-11-12(17)5-6-18-13(11)10-14(15)22-8-7-21-4/h5-6,9-10H,7-8H2,1-4H3. The van der Waals surface area contributed by atoms with Crippen LogP contribution in [0.25, 0.3) is 10.9 Å². The zero-order valence-corrected chi connectivity index (χ0v) is 15.2. The minimum atomic E-state index is -3.60. The molecule has 0 aliphatic carbocycles. The topological polar surface area (TPSA) is 65.5 Å². The van der Waals surface area contributed by atoms with Crippen LogP contribution < -0.4 is 4.74 Å². The van der Waals surface area contributed by atoms with Gasteiger partial charge in [0.15, 0.2) is 9.84 Å². The lowest BCUT2D eigenvalue weighted by Gasteiger charge is -2.22. The molecule has 5 nitrogen and oxygen atoms in total. The fourth-order valence-corrected chi connectivity index (χ4v) is 3.53. The number of pyridine rings is 1. The maximum atomic E-state index is 12.9. The van der Waals surface area contributed by atoms with E-state index in [0.717, 1.165) is 0 Å². The molecule has 0 amide bonds. The summed E-state index contributed by atoms with van der Waals surface area (Å²) >= 11 is 6.18. The third-order valence-corrected chi connectivity index (χ3v) is 6.23. The maximum absolute atomic E-state index is 12.9. The van der Waals surface area contributed by atoms with Gasteiger partial charge >= 0.3 is 0 Å². The molecule has 23 heavy (non-hydrogen) atoms. The first-order valence-electron chi connectivity index (χ1n) is 7.13. The predicted molar refractivity (Wildman–Crippen MR) is 91.1 cm³/mol. The van der Waals surface area contributed by atoms with E-state index < -0.39 is 14.6 Å². The lowest BCUT2D eigenvalue weighted by molar-refractivity contribution is 0.144. The molecule has 1 aromatic carbocycles. The fraction of sp³-hybridized carbons (Fsp3) is 0.438. The second kappa shape index (κ2) is 6.63. The van der Waals surface area contributed by atoms with Gasteiger partial charge in [-0.1, -0.05) is 11.6 Å². The Morgan fingerprint density at radius 3 is 2.52 bits per heavy atom. The Balaban J connectivity index is 2.68. The molecule has 0 atom stereocenters. The summed E-state index contributed by atoms with van der Waals surface area (Å²) in [4.78, 5) is 4.34. The first-order valence-corrected chi connectivity index (χ1v) is 8.99. The fourth-order valence-electron chi connectivity index (χ4n) is 2.01. The molecule has 2 rings (SSSR count). The number of aromatic nitrogens is 1. The Bertz CT molecular complexity index is 813. The van der Waals surface area contributed by atoms with E-state index in [2.05, 4.69) is 4.98 Å². The van der Waals surface area contributed by atoms with E-state index in [1.54, 1.807) is 46.2 Å². The molecule has 0 aliphatic heterocycles. The highest BCUT2D eigenvalue weighted by atomic mass is 35.5. The number of hydrogen-bond donors (Lipinski definition) is 0. The largest absolute Gasteiger partial charge is 0.490 e. The Labute approximate surface area is 141 Å². The highest BCUT2D eigenvalue weighted by Crippen LogP contribution is 2.36. The number of benzene rings is 1. The van der Waals surface area contributed by atoms with Gasteiger partial charge in [0.25, 0.3) is 0 Å². The monoisotopic (exact) mass is 357 g/mol. The number of hydrogen-bond acceptors (Lipinski definition) is 5. The number of fused-ring (bicyclic) bond motifs is 1. The first-order chi connectivity index (χ1) is 10.7. The van der Waals surface area contributed by atoms with Crippen LogP contribution in [-0.2, 0) is 14.6 Å². The molecule has 0 radical (unpaired) electrons. The van der Waals surface area contributed by atoms with Crippen molar-refractivity contribution in [2.45, 2.75) is 30.4 Å². The van der Waals surface area contributed by atoms with E-state index >= 15 is 0 Å². The second-order valence-corrected chi connectivity index (χ2v) is 9.14. The molecule has 0 bridgehead atoms. The van der Waals surface area contributed by atoms with Crippen molar-refractivity contribution in [3.63, 3.8) is 0 Å². The van der Waals surface area contributed by atoms with E-state index in [9.17, 15) is 8.42 Å². The van der Waals surface area contributed by atoms with Crippen molar-refractivity contribution < 1.29 is 17.9 Å². The van der Waals surface area contributed by atoms with Crippen LogP contribution in [-0.4, -0.2) is 38.5 Å². The smallest absolute Gasteiger partial charge is 0.186 e. The molecule has 1 aromatic heterocycles. The summed E-state index contributed by atoms with van der Waals surface area (Å²) in [5.41, 5.74) is 0.581. The van der Waals surface area contributed by atoms with Crippen molar-refractivity contribution in [2.75, 3.05) is 20.3 Å². The molecule has 0 fully saturated rings. The summed E-state index contributed by atoms with van der Waals surface area (Å²) < 4.78 is 35.4. The van der Waals surface area contributed by atoms with Crippen molar-refractivity contribution in [1.82, 2.24) is 4.98 Å². The Morgan fingerprint density at radius 1 is 1.22 bits per heavy atom. The van der Waals surface area contributed by atoms with Crippen molar-refractivity contribution in [2.24, 2.45) is 0 Å². The summed E-state index contributed by atoms with van der Waals surface area (Å²) in [7, 11) is -2.05. The second-order valence-electron chi connectivity index (χ2n) is 6.07. The third-order valence-electron chi connectivity index (χ3n) is 3.39. The van der Waals surface area contributed by atoms with Crippen molar-refractivity contribution in [1.29, 1.82) is 0 Å². The summed E-state index contributed by atoms with van der Waals surface area (Å²) in [6, 6.07) is 4.77. The third kappa shape index (κ3) is 3.59. The van der Waals surface area contributed by atoms with Crippen LogP contribution in [0.15, 0.2) is 29.3 Å². The van der Waals surface area contributed by atoms with Gasteiger partial charge in [0.2, 0.25) is 0 Å². The number of sulfone groups is 1. The average Bonchev–Trinajstić information content (AvgIpc) is 2.46. The van der Waals surface area contributed by atoms with Crippen LogP contribution in [0.1, 0.15) is 20.8 Å². The van der Waals surface area contributed by atoms with Crippen LogP contribution in [0, 0.1) is 0 Å². The zero-order valence-electron chi connectivity index (χ0n) is 13.6. The zero-order chi connectivity index (χ0) is 17.3. The van der Waals surface area contributed by atoms with Gasteiger partial charge in [-0.2, -0.15) is 0 Å². The molecular weight excluding hydrogens is 338 g/mol. The molecule has 1 heterocycles. The molecule has 2 aromatic rings. The molecular formula is C16H20ClNO4S. The van der Waals surface area contributed by atoms with Gasteiger partial charge in [0, 0.05) is 24.8 Å². The van der Waals surface area contributed by atoms with Crippen LogP contribution in [0.2, 0.25) is 5.02 Å². The minimum absolute atomic E-state index is 0.114. The molecule has 0 N–H and O–H groups in total. The highest BCUT2D eigenvalue weighted by molar-refractivity contribution is 7.92. The van der Waals surface area contributed by atoms with Crippen molar-refractivity contribution in [3.05, 3.63) is 29.4 Å². The van der Waals surface area contributed by atoms with Crippen LogP contribution in [0.5, 0.6) is 5.75 Å². The van der Waals surface area contributed by atoms with Gasteiger partial charge in [-0.3, -0.25) is 4.98 Å². The van der Waals surface area contributed by atoms with Crippen molar-refractivity contribution >= 4 is 32.3 Å². The van der Waals surface area contributed by atoms with E-state index in [4.69, 9.17) is 21.1 Å². The molecule has 7 heteroatoms. The van der Waals surface area contributed by atoms with E-state index in [0.29, 0.717) is 22.5 Å². The quantitative estimate of drug-likeness (QED) is 0.766. The summed E-state index contributed by atoms with van der Waals surface area (Å²) in [6.45, 7) is 5.55. The minimum Gasteiger partial charge on any atom is -0.490 e. The Hall–Kier alpha value is -1.37. The van der Waals surface area contributed by atoms with Gasteiger partial charge in [-0.05, 0) is 32.9 Å². The summed E-state index contributed by atoms with van der Waals surface area (Å²) in [6.07, 6.45) is 1.57. The molecule has 0 saturated carbocycles. The number of nitrogens with zero attached hydrogens (tertiary/aromatic N) is 1. The molecule has 0 unspecified atom stereocenters. The molecule has 126 valence electrons. The van der Waals surface area contributed by atoms with Crippen LogP contribution in [0.3, 0.4) is 0 Å². The Morgan fingerprint density at radius 2 is 1.91 bits per heavy atom. The van der Waals surface area contributed by atoms with E-state index in [1.165, 1.54) is 6.07 Å². The number of ether oxygens (including phenoxy) is 2. The lowest BCUT2D eigenvalue weighted by atomic mass is 10.2. The van der Waals surface area contributed by atoms with E-state index in [-0.39, 0.29) is 17.3 Å². The Kier molecular flexibility index (Phi) is 5.18. The SMILES string of the molecule is COCCOc1cc2nccc(Cl)c2cc1S(=O)(=O)C(C)(C)C. The summed E-state index contributed by atoms with van der Waals surface area (Å²) in [5, 5.41) is 1.03. The van der Waals surface area contributed by atoms with Crippen molar-refractivity contribution in [3.8, 4) is 5.75 Å². The number of halogens is 1. The molecule has 0 saturated heterocycles. The molecule has 0 aliphatic rings. The maximum Gasteiger partial charge on any atom is 0.186 e. The van der Waals surface area contributed by atoms with Gasteiger partial charge in [0.05, 0.1) is 21.9 Å². The predicted octanol–water partition coefficient (Wildman–Crippen LogP) is 3.49. The van der Waals surface area contributed by atoms with Gasteiger partial charge in [-0.25, -0.2) is 8.42 Å². The summed E-state index contributed by atoms with van der Waals surface area (Å²) in [5.74, 6) is 0.263. The van der Waals surface area contributed by atoms with Gasteiger partial charge < -0.3 is 9.47 Å². The van der Waals surface area contributed by atoms with E-state index in [1.807, 2.05) is 0 Å². The normalized spacial score (nSPS) is 12.6. The highest BCUT2D eigenvalue weighted by Gasteiger charge is 2.34. The molecule has 0 spiro atoms. The lowest BCUT2D eigenvalue weighted by Crippen LogP contribution is -2.28. The van der Waals surface area contributed by atoms with Gasteiger partial charge in [-0.15, -0.1) is 0 Å². The first kappa shape index (κ1) is 18.0. The van der Waals surface area contributed by atoms with Gasteiger partial charge in [0.1, 0.15) is 17.3 Å². The van der Waals surface area contributed by atoms with Crippen LogP contribution in [0.4, 0.5) is 0 Å². The average molecular weight is 358 g/mol. The number of rotatable bonds is 5. The van der Waals surface area contributed by atoms with Crippen LogP contribution >= 0.6 is 11.6 Å². The number of methoxy groups -OCH3 is 1.